The van der Waals surface area contributed by atoms with Crippen LogP contribution in [-0.4, -0.2) is 25.0 Å². The number of rotatable bonds is 4. The molecule has 26 heavy (non-hydrogen) atoms. The molecule has 0 bridgehead atoms. The summed E-state index contributed by atoms with van der Waals surface area (Å²) in [6.07, 6.45) is 8.65. The zero-order chi connectivity index (χ0) is 18.3. The molecule has 0 atom stereocenters. The van der Waals surface area contributed by atoms with E-state index < -0.39 is 0 Å². The van der Waals surface area contributed by atoms with Gasteiger partial charge in [0.15, 0.2) is 0 Å². The lowest BCUT2D eigenvalue weighted by Gasteiger charge is -2.13. The van der Waals surface area contributed by atoms with E-state index in [1.165, 1.54) is 51.9 Å². The summed E-state index contributed by atoms with van der Waals surface area (Å²) < 4.78 is 0. The first kappa shape index (κ1) is 18.4. The van der Waals surface area contributed by atoms with Crippen molar-refractivity contribution in [3.8, 4) is 0 Å². The summed E-state index contributed by atoms with van der Waals surface area (Å²) in [5.74, 6) is 0. The lowest BCUT2D eigenvalue weighted by Crippen LogP contribution is -1.86. The molecule has 0 fully saturated rings. The fraction of sp³-hybridized carbons (Fsp3) is 0.182. The van der Waals surface area contributed by atoms with E-state index in [1.54, 1.807) is 0 Å². The minimum atomic E-state index is 1.33. The number of thioether (sulfide) groups is 4. The molecule has 0 aliphatic heterocycles. The fourth-order valence-electron chi connectivity index (χ4n) is 3.54. The first-order chi connectivity index (χ1) is 12.7. The highest BCUT2D eigenvalue weighted by Gasteiger charge is 2.11. The molecule has 0 nitrogen and oxygen atoms in total. The van der Waals surface area contributed by atoms with Gasteiger partial charge in [-0.25, -0.2) is 0 Å². The Morgan fingerprint density at radius 3 is 0.846 bits per heavy atom. The van der Waals surface area contributed by atoms with Crippen LogP contribution in [0.4, 0.5) is 0 Å². The Morgan fingerprint density at radius 1 is 0.423 bits per heavy atom. The van der Waals surface area contributed by atoms with Gasteiger partial charge in [0.25, 0.3) is 0 Å². The van der Waals surface area contributed by atoms with Crippen molar-refractivity contribution in [2.45, 2.75) is 19.6 Å². The van der Waals surface area contributed by atoms with Crippen LogP contribution in [0.2, 0.25) is 0 Å². The van der Waals surface area contributed by atoms with E-state index in [4.69, 9.17) is 0 Å². The molecule has 0 aromatic heterocycles. The maximum absolute atomic E-state index is 2.38. The molecular formula is C22H20S4. The second-order valence-electron chi connectivity index (χ2n) is 6.08. The van der Waals surface area contributed by atoms with E-state index in [0.29, 0.717) is 0 Å². The number of fused-ring (bicyclic) bond motifs is 3. The SMILES string of the molecule is CSc1ccc(SC)c2cc3cc4c(SC)ccc(SC)c4cc3cc12. The molecule has 132 valence electrons. The predicted octanol–water partition coefficient (Wildman–Crippen LogP) is 8.03. The summed E-state index contributed by atoms with van der Waals surface area (Å²) in [5, 5.41) is 8.11. The van der Waals surface area contributed by atoms with Gasteiger partial charge in [0.1, 0.15) is 0 Å². The molecule has 4 aromatic carbocycles. The molecule has 0 radical (unpaired) electrons. The molecule has 0 aliphatic carbocycles. The van der Waals surface area contributed by atoms with Crippen molar-refractivity contribution in [3.05, 3.63) is 48.5 Å². The Hall–Kier alpha value is -0.940. The molecular weight excluding hydrogens is 393 g/mol. The predicted molar refractivity (Wildman–Crippen MR) is 126 cm³/mol. The summed E-state index contributed by atoms with van der Waals surface area (Å²) in [6.45, 7) is 0. The van der Waals surface area contributed by atoms with Crippen LogP contribution >= 0.6 is 47.0 Å². The van der Waals surface area contributed by atoms with Crippen molar-refractivity contribution in [2.24, 2.45) is 0 Å². The molecule has 0 amide bonds. The van der Waals surface area contributed by atoms with Crippen LogP contribution < -0.4 is 0 Å². The summed E-state index contributed by atoms with van der Waals surface area (Å²) >= 11 is 7.31. The lowest BCUT2D eigenvalue weighted by molar-refractivity contribution is 1.45. The monoisotopic (exact) mass is 412 g/mol. The van der Waals surface area contributed by atoms with E-state index in [2.05, 4.69) is 73.6 Å². The summed E-state index contributed by atoms with van der Waals surface area (Å²) in [6, 6.07) is 18.5. The minimum absolute atomic E-state index is 1.33. The van der Waals surface area contributed by atoms with Gasteiger partial charge < -0.3 is 0 Å². The maximum atomic E-state index is 2.38. The number of benzene rings is 4. The molecule has 4 rings (SSSR count). The van der Waals surface area contributed by atoms with Crippen molar-refractivity contribution >= 4 is 79.4 Å². The highest BCUT2D eigenvalue weighted by molar-refractivity contribution is 7.99. The van der Waals surface area contributed by atoms with Crippen molar-refractivity contribution in [2.75, 3.05) is 25.0 Å². The van der Waals surface area contributed by atoms with Crippen LogP contribution in [0.1, 0.15) is 0 Å². The summed E-state index contributed by atoms with van der Waals surface area (Å²) in [5.41, 5.74) is 0. The van der Waals surface area contributed by atoms with Gasteiger partial charge >= 0.3 is 0 Å². The van der Waals surface area contributed by atoms with Gasteiger partial charge in [-0.1, -0.05) is 0 Å². The third-order valence-corrected chi connectivity index (χ3v) is 8.01. The van der Waals surface area contributed by atoms with Gasteiger partial charge in [0.05, 0.1) is 0 Å². The summed E-state index contributed by atoms with van der Waals surface area (Å²) in [4.78, 5) is 5.40. The van der Waals surface area contributed by atoms with E-state index >= 15 is 0 Å². The third kappa shape index (κ3) is 3.01. The van der Waals surface area contributed by atoms with E-state index in [9.17, 15) is 0 Å². The fourth-order valence-corrected chi connectivity index (χ4v) is 5.91. The standard InChI is InChI=1S/C22H20S4/c1-23-19-5-6-20(24-2)16-10-14-12-18-17(11-13(14)9-15(16)19)21(25-3)7-8-22(18)26-4/h5-12H,1-4H3. The van der Waals surface area contributed by atoms with Crippen LogP contribution in [0.3, 0.4) is 0 Å². The molecule has 0 saturated carbocycles. The average molecular weight is 413 g/mol. The zero-order valence-electron chi connectivity index (χ0n) is 15.3. The quantitative estimate of drug-likeness (QED) is 0.245. The van der Waals surface area contributed by atoms with Crippen LogP contribution in [0.25, 0.3) is 32.3 Å². The average Bonchev–Trinajstić information content (AvgIpc) is 2.69. The van der Waals surface area contributed by atoms with E-state index in [-0.39, 0.29) is 0 Å². The third-order valence-electron chi connectivity index (χ3n) is 4.83. The zero-order valence-corrected chi connectivity index (χ0v) is 18.5. The molecule has 0 spiro atoms. The van der Waals surface area contributed by atoms with Crippen LogP contribution in [-0.2, 0) is 0 Å². The first-order valence-corrected chi connectivity index (χ1v) is 13.2. The topological polar surface area (TPSA) is 0 Å². The molecule has 0 heterocycles. The second kappa shape index (κ2) is 7.59. The maximum Gasteiger partial charge on any atom is 0.0149 e. The Bertz CT molecular complexity index is 956. The van der Waals surface area contributed by atoms with Crippen LogP contribution in [0.5, 0.6) is 0 Å². The minimum Gasteiger partial charge on any atom is -0.129 e. The molecule has 0 saturated heterocycles. The second-order valence-corrected chi connectivity index (χ2v) is 9.48. The van der Waals surface area contributed by atoms with Crippen LogP contribution in [0.15, 0.2) is 68.1 Å². The Morgan fingerprint density at radius 2 is 0.654 bits per heavy atom. The largest absolute Gasteiger partial charge is 0.129 e. The van der Waals surface area contributed by atoms with Crippen LogP contribution in [0, 0.1) is 0 Å². The molecule has 0 unspecified atom stereocenters. The van der Waals surface area contributed by atoms with Crippen molar-refractivity contribution in [3.63, 3.8) is 0 Å². The lowest BCUT2D eigenvalue weighted by atomic mass is 9.99. The van der Waals surface area contributed by atoms with E-state index in [1.807, 2.05) is 47.0 Å². The van der Waals surface area contributed by atoms with Gasteiger partial charge in [-0.3, -0.25) is 0 Å². The smallest absolute Gasteiger partial charge is 0.0149 e. The Balaban J connectivity index is 2.15. The highest BCUT2D eigenvalue weighted by atomic mass is 32.2. The normalized spacial score (nSPS) is 11.7. The Labute approximate surface area is 171 Å². The summed E-state index contributed by atoms with van der Waals surface area (Å²) in [7, 11) is 0. The van der Waals surface area contributed by atoms with Gasteiger partial charge in [0, 0.05) is 19.6 Å². The van der Waals surface area contributed by atoms with Gasteiger partial charge in [0.2, 0.25) is 0 Å². The van der Waals surface area contributed by atoms with Gasteiger partial charge in [-0.15, -0.1) is 47.0 Å². The highest BCUT2D eigenvalue weighted by Crippen LogP contribution is 2.40. The number of hydrogen-bond acceptors (Lipinski definition) is 4. The number of hydrogen-bond donors (Lipinski definition) is 0. The first-order valence-electron chi connectivity index (χ1n) is 8.33. The van der Waals surface area contributed by atoms with Crippen molar-refractivity contribution in [1.82, 2.24) is 0 Å². The molecule has 0 aliphatic rings. The van der Waals surface area contributed by atoms with Crippen molar-refractivity contribution < 1.29 is 0 Å². The van der Waals surface area contributed by atoms with Crippen molar-refractivity contribution in [1.29, 1.82) is 0 Å². The molecule has 4 aromatic rings. The molecule has 4 heteroatoms. The van der Waals surface area contributed by atoms with Gasteiger partial charge in [-0.05, 0) is 106 Å². The van der Waals surface area contributed by atoms with Gasteiger partial charge in [-0.2, -0.15) is 0 Å². The molecule has 0 N–H and O–H groups in total. The van der Waals surface area contributed by atoms with E-state index in [0.717, 1.165) is 0 Å². The Kier molecular flexibility index (Phi) is 5.38.